The summed E-state index contributed by atoms with van der Waals surface area (Å²) in [6.07, 6.45) is 0. The van der Waals surface area contributed by atoms with Crippen molar-refractivity contribution in [3.63, 3.8) is 0 Å². The Morgan fingerprint density at radius 2 is 1.89 bits per heavy atom. The number of amides is 1. The number of primary sulfonamides is 1. The van der Waals surface area contributed by atoms with Crippen LogP contribution in [0.15, 0.2) is 23.1 Å². The van der Waals surface area contributed by atoms with Gasteiger partial charge in [-0.1, -0.05) is 19.9 Å². The van der Waals surface area contributed by atoms with Crippen LogP contribution in [0.1, 0.15) is 19.4 Å². The molecule has 0 aliphatic carbocycles. The van der Waals surface area contributed by atoms with E-state index in [1.807, 2.05) is 13.8 Å². The van der Waals surface area contributed by atoms with Gasteiger partial charge >= 0.3 is 0 Å². The number of nitrogens with two attached hydrogens (primary N) is 2. The van der Waals surface area contributed by atoms with Crippen LogP contribution in [-0.4, -0.2) is 20.4 Å². The van der Waals surface area contributed by atoms with Crippen molar-refractivity contribution in [1.29, 1.82) is 0 Å². The number of aryl methyl sites for hydroxylation is 1. The zero-order valence-corrected chi connectivity index (χ0v) is 12.0. The van der Waals surface area contributed by atoms with Crippen LogP contribution in [0.4, 0.5) is 5.69 Å². The predicted octanol–water partition coefficient (Wildman–Crippen LogP) is 0.564. The minimum atomic E-state index is -3.80. The molecule has 0 aliphatic heterocycles. The van der Waals surface area contributed by atoms with Gasteiger partial charge in [0.1, 0.15) is 0 Å². The first-order valence-corrected chi connectivity index (χ1v) is 7.37. The maximum atomic E-state index is 11.9. The van der Waals surface area contributed by atoms with Gasteiger partial charge in [-0.05, 0) is 30.5 Å². The van der Waals surface area contributed by atoms with Crippen LogP contribution < -0.4 is 16.2 Å². The van der Waals surface area contributed by atoms with E-state index >= 15 is 0 Å². The molecule has 0 bridgehead atoms. The van der Waals surface area contributed by atoms with E-state index in [2.05, 4.69) is 5.32 Å². The summed E-state index contributed by atoms with van der Waals surface area (Å²) in [6, 6.07) is 3.65. The lowest BCUT2D eigenvalue weighted by molar-refractivity contribution is -0.118. The predicted molar refractivity (Wildman–Crippen MR) is 74.0 cm³/mol. The molecule has 1 aromatic rings. The second-order valence-corrected chi connectivity index (χ2v) is 6.34. The Morgan fingerprint density at radius 1 is 1.32 bits per heavy atom. The molecule has 7 heteroatoms. The van der Waals surface area contributed by atoms with Crippen LogP contribution in [0, 0.1) is 12.8 Å². The summed E-state index contributed by atoms with van der Waals surface area (Å²) in [5.74, 6) is -0.369. The Balaban J connectivity index is 3.05. The smallest absolute Gasteiger partial charge is 0.241 e. The summed E-state index contributed by atoms with van der Waals surface area (Å²) in [5.41, 5.74) is 6.86. The average Bonchev–Trinajstić information content (AvgIpc) is 2.29. The molecule has 0 saturated heterocycles. The van der Waals surface area contributed by atoms with Crippen LogP contribution in [0.3, 0.4) is 0 Å². The Morgan fingerprint density at radius 3 is 2.37 bits per heavy atom. The first kappa shape index (κ1) is 15.6. The molecule has 0 radical (unpaired) electrons. The second-order valence-electron chi connectivity index (χ2n) is 4.78. The van der Waals surface area contributed by atoms with Crippen molar-refractivity contribution < 1.29 is 13.2 Å². The molecule has 0 heterocycles. The highest BCUT2D eigenvalue weighted by Crippen LogP contribution is 2.19. The molecule has 0 aromatic heterocycles. The average molecular weight is 285 g/mol. The molecule has 1 amide bonds. The number of hydrogen-bond donors (Lipinski definition) is 3. The monoisotopic (exact) mass is 285 g/mol. The quantitative estimate of drug-likeness (QED) is 0.749. The first-order chi connectivity index (χ1) is 8.62. The van der Waals surface area contributed by atoms with Crippen molar-refractivity contribution >= 4 is 21.6 Å². The van der Waals surface area contributed by atoms with Crippen LogP contribution >= 0.6 is 0 Å². The third kappa shape index (κ3) is 4.02. The van der Waals surface area contributed by atoms with Crippen LogP contribution in [0.5, 0.6) is 0 Å². The van der Waals surface area contributed by atoms with E-state index in [0.717, 1.165) is 5.56 Å². The van der Waals surface area contributed by atoms with E-state index in [4.69, 9.17) is 10.9 Å². The van der Waals surface area contributed by atoms with Gasteiger partial charge < -0.3 is 11.1 Å². The van der Waals surface area contributed by atoms with Crippen molar-refractivity contribution in [3.8, 4) is 0 Å². The fourth-order valence-corrected chi connectivity index (χ4v) is 1.97. The molecular formula is C12H19N3O3S. The van der Waals surface area contributed by atoms with Gasteiger partial charge in [0.25, 0.3) is 0 Å². The van der Waals surface area contributed by atoms with Gasteiger partial charge in [0.15, 0.2) is 0 Å². The standard InChI is InChI=1S/C12H19N3O3S/c1-7(2)11(13)12(16)15-10-6-9(19(14,17)18)5-4-8(10)3/h4-7,11H,13H2,1-3H3,(H,15,16)(H2,14,17,18). The molecule has 0 fully saturated rings. The molecule has 1 rings (SSSR count). The fraction of sp³-hybridized carbons (Fsp3) is 0.417. The summed E-state index contributed by atoms with van der Waals surface area (Å²) < 4.78 is 22.5. The van der Waals surface area contributed by atoms with Crippen molar-refractivity contribution in [2.45, 2.75) is 31.7 Å². The molecule has 106 valence electrons. The molecule has 0 saturated carbocycles. The SMILES string of the molecule is Cc1ccc(S(N)(=O)=O)cc1NC(=O)C(N)C(C)C. The number of benzene rings is 1. The summed E-state index contributed by atoms with van der Waals surface area (Å²) in [4.78, 5) is 11.8. The van der Waals surface area contributed by atoms with E-state index in [1.165, 1.54) is 12.1 Å². The Labute approximate surface area is 113 Å². The summed E-state index contributed by atoms with van der Waals surface area (Å²) in [6.45, 7) is 5.42. The molecule has 1 atom stereocenters. The van der Waals surface area contributed by atoms with Gasteiger partial charge in [-0.2, -0.15) is 0 Å². The molecule has 0 aliphatic rings. The topological polar surface area (TPSA) is 115 Å². The molecule has 19 heavy (non-hydrogen) atoms. The maximum absolute atomic E-state index is 11.9. The summed E-state index contributed by atoms with van der Waals surface area (Å²) in [5, 5.41) is 7.67. The van der Waals surface area contributed by atoms with Gasteiger partial charge in [0, 0.05) is 5.69 Å². The van der Waals surface area contributed by atoms with Crippen molar-refractivity contribution in [3.05, 3.63) is 23.8 Å². The summed E-state index contributed by atoms with van der Waals surface area (Å²) in [7, 11) is -3.80. The van der Waals surface area contributed by atoms with Crippen LogP contribution in [0.2, 0.25) is 0 Å². The van der Waals surface area contributed by atoms with Gasteiger partial charge in [-0.25, -0.2) is 13.6 Å². The van der Waals surface area contributed by atoms with Gasteiger partial charge in [0.05, 0.1) is 10.9 Å². The molecular weight excluding hydrogens is 266 g/mol. The third-order valence-electron chi connectivity index (χ3n) is 2.82. The maximum Gasteiger partial charge on any atom is 0.241 e. The zero-order valence-electron chi connectivity index (χ0n) is 11.2. The number of nitrogens with one attached hydrogen (secondary N) is 1. The highest BCUT2D eigenvalue weighted by atomic mass is 32.2. The fourth-order valence-electron chi connectivity index (χ4n) is 1.43. The van der Waals surface area contributed by atoms with E-state index in [-0.39, 0.29) is 16.7 Å². The number of sulfonamides is 1. The Kier molecular flexibility index (Phi) is 4.67. The number of anilines is 1. The van der Waals surface area contributed by atoms with E-state index in [0.29, 0.717) is 5.69 Å². The molecule has 1 aromatic carbocycles. The van der Waals surface area contributed by atoms with Crippen LogP contribution in [0.25, 0.3) is 0 Å². The van der Waals surface area contributed by atoms with Gasteiger partial charge in [0.2, 0.25) is 15.9 Å². The lowest BCUT2D eigenvalue weighted by Gasteiger charge is -2.16. The molecule has 5 N–H and O–H groups in total. The highest BCUT2D eigenvalue weighted by Gasteiger charge is 2.18. The van der Waals surface area contributed by atoms with Crippen molar-refractivity contribution in [2.24, 2.45) is 16.8 Å². The highest BCUT2D eigenvalue weighted by molar-refractivity contribution is 7.89. The minimum Gasteiger partial charge on any atom is -0.324 e. The number of rotatable bonds is 4. The number of carbonyl (C=O) groups excluding carboxylic acids is 1. The molecule has 6 nitrogen and oxygen atoms in total. The Hall–Kier alpha value is -1.44. The minimum absolute atomic E-state index is 0.0123. The number of carbonyl (C=O) groups is 1. The largest absolute Gasteiger partial charge is 0.324 e. The molecule has 1 unspecified atom stereocenters. The Bertz CT molecular complexity index is 582. The summed E-state index contributed by atoms with van der Waals surface area (Å²) >= 11 is 0. The van der Waals surface area contributed by atoms with E-state index in [9.17, 15) is 13.2 Å². The normalized spacial score (nSPS) is 13.4. The first-order valence-electron chi connectivity index (χ1n) is 5.83. The molecule has 0 spiro atoms. The van der Waals surface area contributed by atoms with Gasteiger partial charge in [-0.15, -0.1) is 0 Å². The van der Waals surface area contributed by atoms with E-state index in [1.54, 1.807) is 13.0 Å². The lowest BCUT2D eigenvalue weighted by atomic mass is 10.0. The van der Waals surface area contributed by atoms with Gasteiger partial charge in [-0.3, -0.25) is 4.79 Å². The van der Waals surface area contributed by atoms with Crippen molar-refractivity contribution in [2.75, 3.05) is 5.32 Å². The van der Waals surface area contributed by atoms with Crippen molar-refractivity contribution in [1.82, 2.24) is 0 Å². The number of hydrogen-bond acceptors (Lipinski definition) is 4. The van der Waals surface area contributed by atoms with E-state index < -0.39 is 16.1 Å². The second kappa shape index (κ2) is 5.68. The van der Waals surface area contributed by atoms with Crippen LogP contribution in [-0.2, 0) is 14.8 Å². The third-order valence-corrected chi connectivity index (χ3v) is 3.73. The lowest BCUT2D eigenvalue weighted by Crippen LogP contribution is -2.39. The zero-order chi connectivity index (χ0) is 14.8.